The maximum atomic E-state index is 12.2. The van der Waals surface area contributed by atoms with Crippen LogP contribution in [0.1, 0.15) is 20.7 Å². The lowest BCUT2D eigenvalue weighted by atomic mass is 10.2. The Hall–Kier alpha value is -2.52. The van der Waals surface area contributed by atoms with E-state index < -0.39 is 11.9 Å². The van der Waals surface area contributed by atoms with Crippen LogP contribution >= 0.6 is 27.3 Å². The van der Waals surface area contributed by atoms with Crippen LogP contribution in [0.3, 0.4) is 0 Å². The molecule has 3 rings (SSSR count). The van der Waals surface area contributed by atoms with E-state index in [2.05, 4.69) is 31.4 Å². The number of hydrogen-bond acceptors (Lipinski definition) is 6. The zero-order valence-corrected chi connectivity index (χ0v) is 13.7. The fourth-order valence-electron chi connectivity index (χ4n) is 1.87. The number of nitrogens with zero attached hydrogens (tertiary/aromatic N) is 2. The minimum Gasteiger partial charge on any atom is -0.477 e. The van der Waals surface area contributed by atoms with Crippen LogP contribution in [-0.4, -0.2) is 27.1 Å². The van der Waals surface area contributed by atoms with E-state index in [1.807, 2.05) is 0 Å². The van der Waals surface area contributed by atoms with Crippen molar-refractivity contribution in [2.45, 2.75) is 0 Å². The van der Waals surface area contributed by atoms with Gasteiger partial charge in [0.05, 0.1) is 0 Å². The van der Waals surface area contributed by atoms with Gasteiger partial charge in [-0.1, -0.05) is 27.2 Å². The standard InChI is InChI=1S/C14H8BrN3O4S/c15-8-3-1-2-7(6-8)11(19)17-12-9(14(20)21)10(18-22-12)13-16-4-5-23-13/h1-6H,(H,17,19)(H,20,21). The number of carbonyl (C=O) groups is 2. The van der Waals surface area contributed by atoms with Gasteiger partial charge in [0, 0.05) is 21.6 Å². The Bertz CT molecular complexity index is 876. The summed E-state index contributed by atoms with van der Waals surface area (Å²) >= 11 is 4.49. The molecule has 3 aromatic rings. The maximum Gasteiger partial charge on any atom is 0.343 e. The summed E-state index contributed by atoms with van der Waals surface area (Å²) < 4.78 is 5.72. The van der Waals surface area contributed by atoms with E-state index >= 15 is 0 Å². The first-order valence-electron chi connectivity index (χ1n) is 6.26. The normalized spacial score (nSPS) is 10.5. The van der Waals surface area contributed by atoms with Crippen molar-refractivity contribution in [2.75, 3.05) is 5.32 Å². The molecule has 0 unspecified atom stereocenters. The van der Waals surface area contributed by atoms with Crippen molar-refractivity contribution < 1.29 is 19.2 Å². The summed E-state index contributed by atoms with van der Waals surface area (Å²) in [6.45, 7) is 0. The van der Waals surface area contributed by atoms with E-state index in [1.165, 1.54) is 17.5 Å². The zero-order valence-electron chi connectivity index (χ0n) is 11.3. The van der Waals surface area contributed by atoms with Crippen molar-refractivity contribution in [1.82, 2.24) is 10.1 Å². The van der Waals surface area contributed by atoms with Crippen molar-refractivity contribution in [1.29, 1.82) is 0 Å². The molecule has 0 radical (unpaired) electrons. The van der Waals surface area contributed by atoms with E-state index in [9.17, 15) is 14.7 Å². The molecule has 0 fully saturated rings. The van der Waals surface area contributed by atoms with Crippen molar-refractivity contribution in [3.05, 3.63) is 51.4 Å². The van der Waals surface area contributed by atoms with Crippen LogP contribution in [0.25, 0.3) is 10.7 Å². The number of amides is 1. The third-order valence-corrected chi connectivity index (χ3v) is 4.13. The molecule has 0 aliphatic heterocycles. The Balaban J connectivity index is 1.94. The largest absolute Gasteiger partial charge is 0.477 e. The predicted octanol–water partition coefficient (Wildman–Crippen LogP) is 3.51. The molecular weight excluding hydrogens is 386 g/mol. The lowest BCUT2D eigenvalue weighted by molar-refractivity contribution is 0.0698. The first-order chi connectivity index (χ1) is 11.1. The molecule has 0 atom stereocenters. The lowest BCUT2D eigenvalue weighted by Gasteiger charge is -2.03. The summed E-state index contributed by atoms with van der Waals surface area (Å²) in [4.78, 5) is 27.7. The Morgan fingerprint density at radius 1 is 1.35 bits per heavy atom. The number of aromatic nitrogens is 2. The number of aromatic carboxylic acids is 1. The van der Waals surface area contributed by atoms with Gasteiger partial charge in [-0.05, 0) is 18.2 Å². The van der Waals surface area contributed by atoms with Gasteiger partial charge in [-0.3, -0.25) is 10.1 Å². The molecule has 0 aliphatic carbocycles. The Morgan fingerprint density at radius 2 is 2.17 bits per heavy atom. The molecule has 2 heterocycles. The highest BCUT2D eigenvalue weighted by atomic mass is 79.9. The van der Waals surface area contributed by atoms with Gasteiger partial charge in [0.2, 0.25) is 5.88 Å². The van der Waals surface area contributed by atoms with Crippen LogP contribution in [0.2, 0.25) is 0 Å². The van der Waals surface area contributed by atoms with E-state index in [1.54, 1.807) is 29.6 Å². The molecule has 1 aromatic carbocycles. The number of carboxylic acids is 1. The van der Waals surface area contributed by atoms with E-state index in [0.717, 1.165) is 4.47 Å². The second-order valence-electron chi connectivity index (χ2n) is 4.34. The summed E-state index contributed by atoms with van der Waals surface area (Å²) in [5.41, 5.74) is 0.197. The van der Waals surface area contributed by atoms with Gasteiger partial charge in [0.1, 0.15) is 5.01 Å². The molecule has 0 bridgehead atoms. The minimum atomic E-state index is -1.26. The SMILES string of the molecule is O=C(Nc1onc(-c2nccs2)c1C(=O)O)c1cccc(Br)c1. The number of halogens is 1. The van der Waals surface area contributed by atoms with Crippen LogP contribution in [0.4, 0.5) is 5.88 Å². The summed E-state index contributed by atoms with van der Waals surface area (Å²) in [5.74, 6) is -2.00. The summed E-state index contributed by atoms with van der Waals surface area (Å²) in [6.07, 6.45) is 1.53. The number of carboxylic acid groups (broad SMARTS) is 1. The predicted molar refractivity (Wildman–Crippen MR) is 86.7 cm³/mol. The van der Waals surface area contributed by atoms with Crippen LogP contribution < -0.4 is 5.32 Å². The number of anilines is 1. The molecule has 0 aliphatic rings. The van der Waals surface area contributed by atoms with Gasteiger partial charge in [-0.2, -0.15) is 0 Å². The average molecular weight is 394 g/mol. The topological polar surface area (TPSA) is 105 Å². The third kappa shape index (κ3) is 3.15. The molecule has 9 heteroatoms. The van der Waals surface area contributed by atoms with Crippen LogP contribution in [0.5, 0.6) is 0 Å². The minimum absolute atomic E-state index is 0.0806. The van der Waals surface area contributed by atoms with E-state index in [0.29, 0.717) is 10.6 Å². The maximum absolute atomic E-state index is 12.2. The van der Waals surface area contributed by atoms with Crippen LogP contribution in [-0.2, 0) is 0 Å². The molecule has 2 aromatic heterocycles. The van der Waals surface area contributed by atoms with E-state index in [4.69, 9.17) is 4.52 Å². The summed E-state index contributed by atoms with van der Waals surface area (Å²) in [6, 6.07) is 6.67. The fourth-order valence-corrected chi connectivity index (χ4v) is 2.89. The quantitative estimate of drug-likeness (QED) is 0.702. The molecule has 116 valence electrons. The summed E-state index contributed by atoms with van der Waals surface area (Å²) in [7, 11) is 0. The molecule has 0 spiro atoms. The number of nitrogens with one attached hydrogen (secondary N) is 1. The molecule has 0 saturated heterocycles. The highest BCUT2D eigenvalue weighted by Crippen LogP contribution is 2.30. The van der Waals surface area contributed by atoms with Gasteiger partial charge in [0.25, 0.3) is 5.91 Å². The van der Waals surface area contributed by atoms with Crippen molar-refractivity contribution >= 4 is 45.0 Å². The smallest absolute Gasteiger partial charge is 0.343 e. The molecule has 2 N–H and O–H groups in total. The Labute approximate surface area is 142 Å². The van der Waals surface area contributed by atoms with Crippen molar-refractivity contribution in [3.63, 3.8) is 0 Å². The van der Waals surface area contributed by atoms with E-state index in [-0.39, 0.29) is 17.1 Å². The number of benzene rings is 1. The van der Waals surface area contributed by atoms with Crippen LogP contribution in [0.15, 0.2) is 44.8 Å². The number of thiazole rings is 1. The fraction of sp³-hybridized carbons (Fsp3) is 0. The Morgan fingerprint density at radius 3 is 2.83 bits per heavy atom. The van der Waals surface area contributed by atoms with Gasteiger partial charge in [-0.25, -0.2) is 9.78 Å². The monoisotopic (exact) mass is 393 g/mol. The van der Waals surface area contributed by atoms with Crippen LogP contribution in [0, 0.1) is 0 Å². The second kappa shape index (κ2) is 6.31. The average Bonchev–Trinajstić information content (AvgIpc) is 3.15. The Kier molecular flexibility index (Phi) is 4.22. The second-order valence-corrected chi connectivity index (χ2v) is 6.15. The molecule has 0 saturated carbocycles. The lowest BCUT2D eigenvalue weighted by Crippen LogP contribution is -2.14. The van der Waals surface area contributed by atoms with Crippen molar-refractivity contribution in [3.8, 4) is 10.7 Å². The van der Waals surface area contributed by atoms with Gasteiger partial charge in [-0.15, -0.1) is 11.3 Å². The summed E-state index contributed by atoms with van der Waals surface area (Å²) in [5, 5.41) is 17.6. The molecule has 23 heavy (non-hydrogen) atoms. The molecule has 1 amide bonds. The number of carbonyl (C=O) groups excluding carboxylic acids is 1. The third-order valence-electron chi connectivity index (χ3n) is 2.85. The van der Waals surface area contributed by atoms with Gasteiger partial charge < -0.3 is 9.63 Å². The van der Waals surface area contributed by atoms with Gasteiger partial charge >= 0.3 is 5.97 Å². The number of rotatable bonds is 4. The highest BCUT2D eigenvalue weighted by Gasteiger charge is 2.26. The zero-order chi connectivity index (χ0) is 16.4. The molecule has 7 nitrogen and oxygen atoms in total. The number of hydrogen-bond donors (Lipinski definition) is 2. The first-order valence-corrected chi connectivity index (χ1v) is 7.93. The highest BCUT2D eigenvalue weighted by molar-refractivity contribution is 9.10. The van der Waals surface area contributed by atoms with Crippen molar-refractivity contribution in [2.24, 2.45) is 0 Å². The first kappa shape index (κ1) is 15.4. The molecular formula is C14H8BrN3O4S. The van der Waals surface area contributed by atoms with Gasteiger partial charge in [0.15, 0.2) is 11.3 Å².